The fraction of sp³-hybridized carbons (Fsp3) is 0.825. The Morgan fingerprint density at radius 1 is 0.424 bits per heavy atom. The predicted octanol–water partition coefficient (Wildman–Crippen LogP) is 2.14. The molecule has 59 heavy (non-hydrogen) atoms. The lowest BCUT2D eigenvalue weighted by molar-refractivity contribution is -0.142. The molecule has 0 fully saturated rings. The Kier molecular flexibility index (Phi) is 36.9. The third kappa shape index (κ3) is 38.1. The molecule has 19 heteroatoms. The van der Waals surface area contributed by atoms with Gasteiger partial charge in [-0.25, -0.2) is 4.79 Å². The number of amides is 4. The van der Waals surface area contributed by atoms with E-state index in [0.717, 1.165) is 51.4 Å². The van der Waals surface area contributed by atoms with Gasteiger partial charge < -0.3 is 60.9 Å². The first-order chi connectivity index (χ1) is 28.5. The van der Waals surface area contributed by atoms with Crippen LogP contribution in [0.4, 0.5) is 0 Å². The van der Waals surface area contributed by atoms with Gasteiger partial charge in [0.1, 0.15) is 25.3 Å². The predicted molar refractivity (Wildman–Crippen MR) is 218 cm³/mol. The molecule has 8 N–H and O–H groups in total. The van der Waals surface area contributed by atoms with Crippen LogP contribution in [0, 0.1) is 0 Å². The zero-order chi connectivity index (χ0) is 43.8. The van der Waals surface area contributed by atoms with Crippen molar-refractivity contribution in [2.75, 3.05) is 79.5 Å². The maximum Gasteiger partial charge on any atom is 0.326 e. The van der Waals surface area contributed by atoms with Gasteiger partial charge in [0.25, 0.3) is 0 Å². The van der Waals surface area contributed by atoms with Crippen LogP contribution in [0.3, 0.4) is 0 Å². The molecule has 0 heterocycles. The molecule has 4 amide bonds. The SMILES string of the molecule is CN[C@@H](CCCCNC(=O)COCCOCCNC(=O)COCCOCCNC(=O)CC[C@H](NC(=O)CCCCCCCCCCCCCCC(=O)O)C(=O)O)C(=O)O. The van der Waals surface area contributed by atoms with Crippen molar-refractivity contribution in [3.63, 3.8) is 0 Å². The van der Waals surface area contributed by atoms with Crippen LogP contribution in [0.2, 0.25) is 0 Å². The number of hydrogen-bond acceptors (Lipinski definition) is 12. The number of unbranched alkanes of at least 4 members (excludes halogenated alkanes) is 12. The van der Waals surface area contributed by atoms with E-state index in [0.29, 0.717) is 32.2 Å². The molecule has 0 unspecified atom stereocenters. The molecule has 0 aromatic heterocycles. The highest BCUT2D eigenvalue weighted by molar-refractivity contribution is 5.84. The second kappa shape index (κ2) is 39.5. The molecule has 0 aromatic rings. The molecule has 342 valence electrons. The monoisotopic (exact) mass is 848 g/mol. The van der Waals surface area contributed by atoms with E-state index in [1.54, 1.807) is 7.05 Å². The number of likely N-dealkylation sites (N-methyl/N-ethyl adjacent to an activating group) is 1. The summed E-state index contributed by atoms with van der Waals surface area (Å²) < 4.78 is 21.3. The minimum atomic E-state index is -1.19. The van der Waals surface area contributed by atoms with E-state index in [1.807, 2.05) is 0 Å². The molecule has 0 aromatic carbocycles. The van der Waals surface area contributed by atoms with Gasteiger partial charge in [0, 0.05) is 38.9 Å². The Bertz CT molecular complexity index is 1160. The van der Waals surface area contributed by atoms with Crippen molar-refractivity contribution in [1.29, 1.82) is 0 Å². The molecule has 2 atom stereocenters. The first-order valence-corrected chi connectivity index (χ1v) is 21.2. The molecule has 0 saturated heterocycles. The van der Waals surface area contributed by atoms with E-state index in [1.165, 1.54) is 19.3 Å². The van der Waals surface area contributed by atoms with Crippen LogP contribution in [-0.4, -0.2) is 148 Å². The molecule has 0 rings (SSSR count). The number of nitrogens with one attached hydrogen (secondary N) is 5. The van der Waals surface area contributed by atoms with Gasteiger partial charge in [-0.2, -0.15) is 0 Å². The normalized spacial score (nSPS) is 12.0. The molecule has 19 nitrogen and oxygen atoms in total. The van der Waals surface area contributed by atoms with Gasteiger partial charge in [0.15, 0.2) is 0 Å². The number of ether oxygens (including phenoxy) is 4. The summed E-state index contributed by atoms with van der Waals surface area (Å²) in [6.45, 7) is 1.85. The number of carbonyl (C=O) groups is 7. The minimum Gasteiger partial charge on any atom is -0.481 e. The van der Waals surface area contributed by atoms with Gasteiger partial charge in [0.2, 0.25) is 23.6 Å². The first kappa shape index (κ1) is 55.1. The number of hydrogen-bond donors (Lipinski definition) is 8. The number of aliphatic carboxylic acids is 3. The Morgan fingerprint density at radius 2 is 0.864 bits per heavy atom. The maximum absolute atomic E-state index is 12.3. The fourth-order valence-electron chi connectivity index (χ4n) is 5.71. The molecule has 0 radical (unpaired) electrons. The lowest BCUT2D eigenvalue weighted by Crippen LogP contribution is -2.41. The summed E-state index contributed by atoms with van der Waals surface area (Å²) in [5.74, 6) is -4.12. The Labute approximate surface area is 349 Å². The molecular formula is C40H73N5O14. The average Bonchev–Trinajstić information content (AvgIpc) is 3.19. The molecule has 0 aliphatic heterocycles. The van der Waals surface area contributed by atoms with Gasteiger partial charge in [-0.05, 0) is 45.6 Å². The smallest absolute Gasteiger partial charge is 0.326 e. The average molecular weight is 848 g/mol. The van der Waals surface area contributed by atoms with Crippen molar-refractivity contribution in [3.8, 4) is 0 Å². The number of carboxylic acid groups (broad SMARTS) is 3. The number of carboxylic acids is 3. The Morgan fingerprint density at radius 3 is 1.34 bits per heavy atom. The van der Waals surface area contributed by atoms with Crippen molar-refractivity contribution in [2.45, 2.75) is 134 Å². The van der Waals surface area contributed by atoms with Crippen LogP contribution >= 0.6 is 0 Å². The molecule has 0 saturated carbocycles. The maximum atomic E-state index is 12.3. The van der Waals surface area contributed by atoms with Crippen LogP contribution in [0.1, 0.15) is 122 Å². The number of carbonyl (C=O) groups excluding carboxylic acids is 4. The molecule has 0 aliphatic rings. The van der Waals surface area contributed by atoms with E-state index < -0.39 is 30.0 Å². The standard InChI is InChI=1S/C40H73N5O14/c1-41-32(39(52)53)16-14-15-21-42-36(48)30-58-28-27-57-25-23-44-37(49)31-59-29-26-56-24-22-43-34(46)20-19-33(40(54)55)45-35(47)17-12-10-8-6-4-2-3-5-7-9-11-13-18-38(50)51/h32-33,41H,2-31H2,1H3,(H,42,48)(H,43,46)(H,44,49)(H,45,47)(H,50,51)(H,52,53)(H,54,55)/t32-,33-/m0/s1. The topological polar surface area (TPSA) is 277 Å². The zero-order valence-electron chi connectivity index (χ0n) is 35.2. The lowest BCUT2D eigenvalue weighted by atomic mass is 10.0. The summed E-state index contributed by atoms with van der Waals surface area (Å²) in [7, 11) is 1.59. The van der Waals surface area contributed by atoms with E-state index in [2.05, 4.69) is 26.6 Å². The number of rotatable bonds is 43. The van der Waals surface area contributed by atoms with E-state index >= 15 is 0 Å². The van der Waals surface area contributed by atoms with Crippen LogP contribution in [0.25, 0.3) is 0 Å². The lowest BCUT2D eigenvalue weighted by Gasteiger charge is -2.14. The zero-order valence-corrected chi connectivity index (χ0v) is 35.2. The van der Waals surface area contributed by atoms with Crippen LogP contribution in [0.5, 0.6) is 0 Å². The summed E-state index contributed by atoms with van der Waals surface area (Å²) in [5, 5.41) is 40.3. The first-order valence-electron chi connectivity index (χ1n) is 21.2. The third-order valence-electron chi connectivity index (χ3n) is 9.07. The molecular weight excluding hydrogens is 774 g/mol. The molecule has 0 bridgehead atoms. The fourth-order valence-corrected chi connectivity index (χ4v) is 5.71. The van der Waals surface area contributed by atoms with Gasteiger partial charge in [-0.15, -0.1) is 0 Å². The van der Waals surface area contributed by atoms with E-state index in [9.17, 15) is 38.7 Å². The highest BCUT2D eigenvalue weighted by atomic mass is 16.5. The largest absolute Gasteiger partial charge is 0.481 e. The molecule has 0 spiro atoms. The minimum absolute atomic E-state index is 0.0350. The van der Waals surface area contributed by atoms with E-state index in [-0.39, 0.29) is 115 Å². The highest BCUT2D eigenvalue weighted by Crippen LogP contribution is 2.13. The van der Waals surface area contributed by atoms with Crippen molar-refractivity contribution in [3.05, 3.63) is 0 Å². The van der Waals surface area contributed by atoms with Gasteiger partial charge in [-0.3, -0.25) is 28.8 Å². The summed E-state index contributed by atoms with van der Waals surface area (Å²) in [6.07, 6.45) is 14.5. The van der Waals surface area contributed by atoms with Gasteiger partial charge in [0.05, 0.1) is 39.6 Å². The van der Waals surface area contributed by atoms with Crippen molar-refractivity contribution in [2.24, 2.45) is 0 Å². The summed E-state index contributed by atoms with van der Waals surface area (Å²) in [6, 6.07) is -1.74. The van der Waals surface area contributed by atoms with Crippen molar-refractivity contribution >= 4 is 41.5 Å². The van der Waals surface area contributed by atoms with Crippen LogP contribution in [0.15, 0.2) is 0 Å². The quantitative estimate of drug-likeness (QED) is 0.0409. The van der Waals surface area contributed by atoms with Gasteiger partial charge in [-0.1, -0.05) is 64.2 Å². The van der Waals surface area contributed by atoms with Crippen molar-refractivity contribution < 1.29 is 67.8 Å². The van der Waals surface area contributed by atoms with Crippen LogP contribution in [-0.2, 0) is 52.5 Å². The van der Waals surface area contributed by atoms with E-state index in [4.69, 9.17) is 29.2 Å². The highest BCUT2D eigenvalue weighted by Gasteiger charge is 2.21. The second-order valence-electron chi connectivity index (χ2n) is 14.2. The summed E-state index contributed by atoms with van der Waals surface area (Å²) in [5.41, 5.74) is 0. The summed E-state index contributed by atoms with van der Waals surface area (Å²) in [4.78, 5) is 81.2. The van der Waals surface area contributed by atoms with Crippen molar-refractivity contribution in [1.82, 2.24) is 26.6 Å². The second-order valence-corrected chi connectivity index (χ2v) is 14.2. The third-order valence-corrected chi connectivity index (χ3v) is 9.07. The van der Waals surface area contributed by atoms with Gasteiger partial charge >= 0.3 is 17.9 Å². The van der Waals surface area contributed by atoms with Crippen LogP contribution < -0.4 is 26.6 Å². The Balaban J connectivity index is 3.66. The molecule has 0 aliphatic carbocycles. The summed E-state index contributed by atoms with van der Waals surface area (Å²) >= 11 is 0. The Hall–Kier alpha value is -3.91.